The Bertz CT molecular complexity index is 672. The van der Waals surface area contributed by atoms with E-state index in [0.29, 0.717) is 23.9 Å². The van der Waals surface area contributed by atoms with Crippen LogP contribution in [0.25, 0.3) is 0 Å². The van der Waals surface area contributed by atoms with Crippen molar-refractivity contribution in [2.24, 2.45) is 0 Å². The van der Waals surface area contributed by atoms with Gasteiger partial charge in [0, 0.05) is 44.5 Å². The molecule has 2 atom stereocenters. The molecule has 4 rings (SSSR count). The molecule has 3 aliphatic heterocycles. The lowest BCUT2D eigenvalue weighted by Crippen LogP contribution is -2.49. The topological polar surface area (TPSA) is 62.8 Å². The fourth-order valence-electron chi connectivity index (χ4n) is 4.34. The first-order chi connectivity index (χ1) is 13.1. The largest absolute Gasteiger partial charge is 0.378 e. The quantitative estimate of drug-likeness (QED) is 0.820. The Kier molecular flexibility index (Phi) is 5.76. The minimum atomic E-state index is -0.213. The predicted molar refractivity (Wildman–Crippen MR) is 107 cm³/mol. The van der Waals surface area contributed by atoms with Gasteiger partial charge in [-0.15, -0.1) is 0 Å². The molecule has 0 aromatic heterocycles. The monoisotopic (exact) mass is 393 g/mol. The van der Waals surface area contributed by atoms with Crippen LogP contribution in [0.4, 0.5) is 16.2 Å². The molecular formula is C20H28ClN3O3. The molecule has 2 N–H and O–H groups in total. The lowest BCUT2D eigenvalue weighted by molar-refractivity contribution is -0.0877. The maximum Gasteiger partial charge on any atom is 0.319 e. The van der Waals surface area contributed by atoms with Gasteiger partial charge in [0.15, 0.2) is 0 Å². The third-order valence-electron chi connectivity index (χ3n) is 5.80. The normalized spacial score (nSPS) is 28.3. The van der Waals surface area contributed by atoms with Crippen molar-refractivity contribution < 1.29 is 14.3 Å². The molecule has 3 fully saturated rings. The average Bonchev–Trinajstić information content (AvgIpc) is 3.10. The number of carbonyl (C=O) groups excluding carboxylic acids is 1. The summed E-state index contributed by atoms with van der Waals surface area (Å²) in [5, 5.41) is 6.67. The van der Waals surface area contributed by atoms with Gasteiger partial charge >= 0.3 is 6.03 Å². The minimum absolute atomic E-state index is 0.101. The van der Waals surface area contributed by atoms with Crippen LogP contribution in [0.3, 0.4) is 0 Å². The van der Waals surface area contributed by atoms with E-state index in [0.717, 1.165) is 44.6 Å². The van der Waals surface area contributed by atoms with Crippen LogP contribution < -0.4 is 15.5 Å². The molecule has 148 valence electrons. The number of carbonyl (C=O) groups is 1. The van der Waals surface area contributed by atoms with Gasteiger partial charge in [-0.1, -0.05) is 11.6 Å². The van der Waals surface area contributed by atoms with Crippen molar-refractivity contribution in [3.05, 3.63) is 23.2 Å². The molecule has 0 saturated carbocycles. The smallest absolute Gasteiger partial charge is 0.319 e. The molecule has 3 heterocycles. The standard InChI is InChI=1S/C20H28ClN3O3/c21-17-12-15(4-5-18(17)24-8-2-1-3-9-24)22-19(25)23-16-6-10-27-20(13-16)7-11-26-14-20/h4-5,12,16H,1-3,6-11,13-14H2,(H2,22,23,25). The molecule has 1 aromatic rings. The van der Waals surface area contributed by atoms with E-state index in [1.807, 2.05) is 18.2 Å². The zero-order valence-electron chi connectivity index (χ0n) is 15.6. The average molecular weight is 394 g/mol. The van der Waals surface area contributed by atoms with E-state index in [1.165, 1.54) is 19.3 Å². The van der Waals surface area contributed by atoms with Crippen molar-refractivity contribution in [1.29, 1.82) is 0 Å². The van der Waals surface area contributed by atoms with Crippen LogP contribution in [0.1, 0.15) is 38.5 Å². The number of rotatable bonds is 3. The van der Waals surface area contributed by atoms with Gasteiger partial charge in [-0.2, -0.15) is 0 Å². The number of benzene rings is 1. The lowest BCUT2D eigenvalue weighted by atomic mass is 9.90. The highest BCUT2D eigenvalue weighted by Gasteiger charge is 2.41. The number of anilines is 2. The fourth-order valence-corrected chi connectivity index (χ4v) is 4.64. The van der Waals surface area contributed by atoms with Crippen LogP contribution in [0, 0.1) is 0 Å². The minimum Gasteiger partial charge on any atom is -0.378 e. The number of amides is 2. The summed E-state index contributed by atoms with van der Waals surface area (Å²) in [6, 6.07) is 5.66. The number of nitrogens with zero attached hydrogens (tertiary/aromatic N) is 1. The first-order valence-corrected chi connectivity index (χ1v) is 10.4. The van der Waals surface area contributed by atoms with Gasteiger partial charge in [0.1, 0.15) is 0 Å². The number of nitrogens with one attached hydrogen (secondary N) is 2. The molecule has 7 heteroatoms. The molecular weight excluding hydrogens is 366 g/mol. The lowest BCUT2D eigenvalue weighted by Gasteiger charge is -2.37. The van der Waals surface area contributed by atoms with Gasteiger partial charge in [-0.05, 0) is 50.3 Å². The van der Waals surface area contributed by atoms with E-state index >= 15 is 0 Å². The Morgan fingerprint density at radius 1 is 1.22 bits per heavy atom. The molecule has 1 spiro atoms. The zero-order valence-corrected chi connectivity index (χ0v) is 16.4. The summed E-state index contributed by atoms with van der Waals surface area (Å²) in [6.45, 7) is 4.11. The number of halogens is 1. The Hall–Kier alpha value is -1.50. The summed E-state index contributed by atoms with van der Waals surface area (Å²) < 4.78 is 11.4. The van der Waals surface area contributed by atoms with Crippen molar-refractivity contribution in [2.75, 3.05) is 43.1 Å². The van der Waals surface area contributed by atoms with Gasteiger partial charge in [0.05, 0.1) is 22.9 Å². The van der Waals surface area contributed by atoms with Crippen LogP contribution in [-0.2, 0) is 9.47 Å². The second-order valence-electron chi connectivity index (χ2n) is 7.84. The van der Waals surface area contributed by atoms with Gasteiger partial charge in [-0.3, -0.25) is 0 Å². The predicted octanol–water partition coefficient (Wildman–Crippen LogP) is 3.79. The highest BCUT2D eigenvalue weighted by atomic mass is 35.5. The van der Waals surface area contributed by atoms with Gasteiger partial charge < -0.3 is 25.0 Å². The molecule has 3 saturated heterocycles. The molecule has 0 radical (unpaired) electrons. The van der Waals surface area contributed by atoms with Crippen molar-refractivity contribution in [2.45, 2.75) is 50.2 Å². The first-order valence-electron chi connectivity index (χ1n) is 9.97. The molecule has 0 bridgehead atoms. The SMILES string of the molecule is O=C(Nc1ccc(N2CCCCC2)c(Cl)c1)NC1CCOC2(CCOC2)C1. The van der Waals surface area contributed by atoms with E-state index in [1.54, 1.807) is 0 Å². The molecule has 3 aliphatic rings. The third-order valence-corrected chi connectivity index (χ3v) is 6.10. The zero-order chi connectivity index (χ0) is 18.7. The van der Waals surface area contributed by atoms with E-state index < -0.39 is 0 Å². The van der Waals surface area contributed by atoms with Crippen LogP contribution >= 0.6 is 11.6 Å². The van der Waals surface area contributed by atoms with Gasteiger partial charge in [-0.25, -0.2) is 4.79 Å². The Balaban J connectivity index is 1.33. The molecule has 0 aliphatic carbocycles. The summed E-state index contributed by atoms with van der Waals surface area (Å²) in [5.41, 5.74) is 1.55. The number of urea groups is 1. The van der Waals surface area contributed by atoms with E-state index in [-0.39, 0.29) is 17.7 Å². The second kappa shape index (κ2) is 8.25. The number of hydrogen-bond donors (Lipinski definition) is 2. The summed E-state index contributed by atoms with van der Waals surface area (Å²) in [7, 11) is 0. The van der Waals surface area contributed by atoms with Crippen LogP contribution in [0.5, 0.6) is 0 Å². The number of piperidine rings is 1. The Morgan fingerprint density at radius 3 is 2.81 bits per heavy atom. The Labute approximate surface area is 165 Å². The van der Waals surface area contributed by atoms with Crippen molar-refractivity contribution in [3.8, 4) is 0 Å². The maximum atomic E-state index is 12.4. The molecule has 2 unspecified atom stereocenters. The molecule has 2 amide bonds. The van der Waals surface area contributed by atoms with Crippen molar-refractivity contribution >= 4 is 29.0 Å². The van der Waals surface area contributed by atoms with E-state index in [9.17, 15) is 4.79 Å². The molecule has 1 aromatic carbocycles. The number of hydrogen-bond acceptors (Lipinski definition) is 4. The van der Waals surface area contributed by atoms with Crippen molar-refractivity contribution in [1.82, 2.24) is 5.32 Å². The first kappa shape index (κ1) is 18.8. The highest BCUT2D eigenvalue weighted by molar-refractivity contribution is 6.33. The van der Waals surface area contributed by atoms with Crippen molar-refractivity contribution in [3.63, 3.8) is 0 Å². The van der Waals surface area contributed by atoms with E-state index in [2.05, 4.69) is 15.5 Å². The number of ether oxygens (including phenoxy) is 2. The fraction of sp³-hybridized carbons (Fsp3) is 0.650. The molecule has 6 nitrogen and oxygen atoms in total. The van der Waals surface area contributed by atoms with E-state index in [4.69, 9.17) is 21.1 Å². The Morgan fingerprint density at radius 2 is 2.07 bits per heavy atom. The van der Waals surface area contributed by atoms with Gasteiger partial charge in [0.2, 0.25) is 0 Å². The van der Waals surface area contributed by atoms with Crippen LogP contribution in [-0.4, -0.2) is 50.6 Å². The summed E-state index contributed by atoms with van der Waals surface area (Å²) in [4.78, 5) is 14.8. The summed E-state index contributed by atoms with van der Waals surface area (Å²) in [5.74, 6) is 0. The highest BCUT2D eigenvalue weighted by Crippen LogP contribution is 2.33. The van der Waals surface area contributed by atoms with Crippen LogP contribution in [0.15, 0.2) is 18.2 Å². The second-order valence-corrected chi connectivity index (χ2v) is 8.24. The molecule has 27 heavy (non-hydrogen) atoms. The van der Waals surface area contributed by atoms with Crippen LogP contribution in [0.2, 0.25) is 5.02 Å². The summed E-state index contributed by atoms with van der Waals surface area (Å²) in [6.07, 6.45) is 6.22. The summed E-state index contributed by atoms with van der Waals surface area (Å²) >= 11 is 6.48. The maximum absolute atomic E-state index is 12.4. The third kappa shape index (κ3) is 4.50. The van der Waals surface area contributed by atoms with Gasteiger partial charge in [0.25, 0.3) is 0 Å².